The van der Waals surface area contributed by atoms with Crippen LogP contribution in [-0.2, 0) is 9.22 Å². The van der Waals surface area contributed by atoms with Crippen molar-refractivity contribution in [2.45, 2.75) is 51.3 Å². The molecule has 0 saturated heterocycles. The number of benzene rings is 1. The first-order valence-corrected chi connectivity index (χ1v) is 12.0. The number of alkyl halides is 3. The molecule has 0 aliphatic rings. The molecule has 1 aromatic rings. The summed E-state index contributed by atoms with van der Waals surface area (Å²) in [6.07, 6.45) is -6.32. The largest absolute Gasteiger partial charge is 0.573 e. The summed E-state index contributed by atoms with van der Waals surface area (Å²) in [5, 5.41) is 10.8. The average molecular weight is 466 g/mol. The Hall–Kier alpha value is -2.80. The highest BCUT2D eigenvalue weighted by Crippen LogP contribution is 2.36. The molecule has 0 spiro atoms. The zero-order valence-corrected chi connectivity index (χ0v) is 18.7. The summed E-state index contributed by atoms with van der Waals surface area (Å²) >= 11 is 0. The summed E-state index contributed by atoms with van der Waals surface area (Å²) in [5.41, 5.74) is 4.08. The molecule has 174 valence electrons. The van der Waals surface area contributed by atoms with Crippen LogP contribution in [0.15, 0.2) is 24.3 Å². The Bertz CT molecular complexity index is 794. The van der Waals surface area contributed by atoms with Crippen molar-refractivity contribution >= 4 is 26.2 Å². The molecule has 0 bridgehead atoms. The van der Waals surface area contributed by atoms with Gasteiger partial charge >= 0.3 is 12.5 Å². The maximum absolute atomic E-state index is 12.3. The number of hydrogen-bond acceptors (Lipinski definition) is 5. The SMILES string of the molecule is CC(C)(C)[Si](C)(C)OCC(NC(=O)O)C(=O)NNC(=O)c1ccc(OC(F)(F)F)cc1. The molecule has 3 amide bonds. The van der Waals surface area contributed by atoms with Crippen LogP contribution in [0.4, 0.5) is 18.0 Å². The third-order valence-electron chi connectivity index (χ3n) is 4.68. The minimum absolute atomic E-state index is 0.0601. The van der Waals surface area contributed by atoms with Crippen molar-refractivity contribution in [1.82, 2.24) is 16.2 Å². The zero-order valence-electron chi connectivity index (χ0n) is 17.7. The molecule has 1 unspecified atom stereocenters. The van der Waals surface area contributed by atoms with Crippen LogP contribution in [0.2, 0.25) is 18.1 Å². The number of hydrazine groups is 1. The fraction of sp³-hybridized carbons (Fsp3) is 0.500. The monoisotopic (exact) mass is 465 g/mol. The van der Waals surface area contributed by atoms with Crippen molar-refractivity contribution in [3.8, 4) is 5.75 Å². The Morgan fingerprint density at radius 1 is 1.06 bits per heavy atom. The molecule has 13 heteroatoms. The summed E-state index contributed by atoms with van der Waals surface area (Å²) in [4.78, 5) is 35.4. The first-order chi connectivity index (χ1) is 14.0. The summed E-state index contributed by atoms with van der Waals surface area (Å²) in [6.45, 7) is 9.54. The maximum atomic E-state index is 12.3. The van der Waals surface area contributed by atoms with Gasteiger partial charge in [0.2, 0.25) is 0 Å². The molecular formula is C18H26F3N3O6Si. The fourth-order valence-corrected chi connectivity index (χ4v) is 2.94. The fourth-order valence-electron chi connectivity index (χ4n) is 1.93. The quantitative estimate of drug-likeness (QED) is 0.362. The highest BCUT2D eigenvalue weighted by atomic mass is 28.4. The van der Waals surface area contributed by atoms with Crippen molar-refractivity contribution in [1.29, 1.82) is 0 Å². The van der Waals surface area contributed by atoms with E-state index in [9.17, 15) is 27.6 Å². The second-order valence-corrected chi connectivity index (χ2v) is 12.9. The Labute approximate surface area is 178 Å². The predicted octanol–water partition coefficient (Wildman–Crippen LogP) is 3.00. The van der Waals surface area contributed by atoms with Crippen molar-refractivity contribution < 1.29 is 41.8 Å². The van der Waals surface area contributed by atoms with Crippen LogP contribution in [0.5, 0.6) is 5.75 Å². The predicted molar refractivity (Wildman–Crippen MR) is 107 cm³/mol. The number of halogens is 3. The van der Waals surface area contributed by atoms with Gasteiger partial charge < -0.3 is 19.6 Å². The number of rotatable bonds is 7. The number of carbonyl (C=O) groups is 3. The van der Waals surface area contributed by atoms with Gasteiger partial charge in [-0.15, -0.1) is 13.2 Å². The molecule has 1 aromatic carbocycles. The lowest BCUT2D eigenvalue weighted by molar-refractivity contribution is -0.274. The smallest absolute Gasteiger partial charge is 0.465 e. The summed E-state index contributed by atoms with van der Waals surface area (Å²) < 4.78 is 46.1. The highest BCUT2D eigenvalue weighted by Gasteiger charge is 2.38. The van der Waals surface area contributed by atoms with E-state index in [-0.39, 0.29) is 17.2 Å². The van der Waals surface area contributed by atoms with Crippen LogP contribution in [0.25, 0.3) is 0 Å². The second kappa shape index (κ2) is 10.0. The van der Waals surface area contributed by atoms with Crippen LogP contribution in [0.1, 0.15) is 31.1 Å². The molecule has 1 atom stereocenters. The zero-order chi connectivity index (χ0) is 24.0. The first-order valence-electron chi connectivity index (χ1n) is 9.11. The second-order valence-electron chi connectivity index (χ2n) is 8.09. The molecule has 31 heavy (non-hydrogen) atoms. The molecular weight excluding hydrogens is 439 g/mol. The van der Waals surface area contributed by atoms with Crippen LogP contribution in [0, 0.1) is 0 Å². The van der Waals surface area contributed by atoms with E-state index in [1.165, 1.54) is 0 Å². The maximum Gasteiger partial charge on any atom is 0.573 e. The van der Waals surface area contributed by atoms with Gasteiger partial charge in [0.05, 0.1) is 6.61 Å². The third kappa shape index (κ3) is 8.84. The molecule has 1 rings (SSSR count). The molecule has 0 aromatic heterocycles. The van der Waals surface area contributed by atoms with Gasteiger partial charge in [0.1, 0.15) is 11.8 Å². The molecule has 0 radical (unpaired) electrons. The van der Waals surface area contributed by atoms with E-state index in [1.54, 1.807) is 0 Å². The Morgan fingerprint density at radius 2 is 1.61 bits per heavy atom. The molecule has 0 aliphatic heterocycles. The molecule has 4 N–H and O–H groups in total. The van der Waals surface area contributed by atoms with Gasteiger partial charge in [-0.3, -0.25) is 20.4 Å². The number of carbonyl (C=O) groups excluding carboxylic acids is 2. The van der Waals surface area contributed by atoms with E-state index in [4.69, 9.17) is 9.53 Å². The summed E-state index contributed by atoms with van der Waals surface area (Å²) in [6, 6.07) is 2.71. The van der Waals surface area contributed by atoms with Crippen molar-refractivity contribution in [3.63, 3.8) is 0 Å². The Balaban J connectivity index is 2.72. The Kier molecular flexibility index (Phi) is 8.46. The number of ether oxygens (including phenoxy) is 1. The summed E-state index contributed by atoms with van der Waals surface area (Å²) in [7, 11) is -2.28. The van der Waals surface area contributed by atoms with Gasteiger partial charge in [-0.25, -0.2) is 4.79 Å². The van der Waals surface area contributed by atoms with E-state index >= 15 is 0 Å². The molecule has 0 saturated carbocycles. The van der Waals surface area contributed by atoms with Crippen molar-refractivity contribution in [2.24, 2.45) is 0 Å². The first kappa shape index (κ1) is 26.2. The van der Waals surface area contributed by atoms with Gasteiger partial charge in [-0.1, -0.05) is 20.8 Å². The van der Waals surface area contributed by atoms with Gasteiger partial charge in [0.25, 0.3) is 11.8 Å². The molecule has 0 aliphatic carbocycles. The van der Waals surface area contributed by atoms with E-state index in [0.29, 0.717) is 0 Å². The molecule has 9 nitrogen and oxygen atoms in total. The number of hydrogen-bond donors (Lipinski definition) is 4. The van der Waals surface area contributed by atoms with Crippen LogP contribution in [-0.4, -0.2) is 50.3 Å². The van der Waals surface area contributed by atoms with E-state index in [2.05, 4.69) is 15.6 Å². The Morgan fingerprint density at radius 3 is 2.06 bits per heavy atom. The van der Waals surface area contributed by atoms with Gasteiger partial charge in [-0.05, 0) is 42.4 Å². The topological polar surface area (TPSA) is 126 Å². The standard InChI is InChI=1S/C18H26F3N3O6Si/c1-17(2,3)31(4,5)29-10-13(22-16(27)28)15(26)24-23-14(25)11-6-8-12(9-7-11)30-18(19,20)21/h6-9,13,22H,10H2,1-5H3,(H,23,25)(H,24,26)(H,27,28). The average Bonchev–Trinajstić information content (AvgIpc) is 2.61. The number of nitrogens with one attached hydrogen (secondary N) is 3. The molecule has 0 fully saturated rings. The highest BCUT2D eigenvalue weighted by molar-refractivity contribution is 6.74. The third-order valence-corrected chi connectivity index (χ3v) is 9.18. The van der Waals surface area contributed by atoms with Crippen LogP contribution in [0.3, 0.4) is 0 Å². The van der Waals surface area contributed by atoms with E-state index in [1.807, 2.05) is 39.2 Å². The number of amides is 3. The normalized spacial score (nSPS) is 13.2. The minimum Gasteiger partial charge on any atom is -0.465 e. The lowest BCUT2D eigenvalue weighted by atomic mass is 10.2. The van der Waals surface area contributed by atoms with Crippen molar-refractivity contribution in [2.75, 3.05) is 6.61 Å². The van der Waals surface area contributed by atoms with E-state index < -0.39 is 44.4 Å². The minimum atomic E-state index is -4.86. The number of carboxylic acid groups (broad SMARTS) is 1. The van der Waals surface area contributed by atoms with Crippen LogP contribution >= 0.6 is 0 Å². The lowest BCUT2D eigenvalue weighted by Gasteiger charge is -2.37. The van der Waals surface area contributed by atoms with Gasteiger partial charge in [0.15, 0.2) is 8.32 Å². The summed E-state index contributed by atoms with van der Waals surface area (Å²) in [5.74, 6) is -2.21. The van der Waals surface area contributed by atoms with E-state index in [0.717, 1.165) is 24.3 Å². The molecule has 0 heterocycles. The van der Waals surface area contributed by atoms with Crippen LogP contribution < -0.4 is 20.9 Å². The van der Waals surface area contributed by atoms with Gasteiger partial charge in [0, 0.05) is 5.56 Å². The van der Waals surface area contributed by atoms with Gasteiger partial charge in [-0.2, -0.15) is 0 Å². The van der Waals surface area contributed by atoms with Crippen molar-refractivity contribution in [3.05, 3.63) is 29.8 Å². The lowest BCUT2D eigenvalue weighted by Crippen LogP contribution is -2.55.